The first-order valence-corrected chi connectivity index (χ1v) is 5.87. The van der Waals surface area contributed by atoms with Crippen molar-refractivity contribution in [2.75, 3.05) is 4.90 Å². The summed E-state index contributed by atoms with van der Waals surface area (Å²) in [7, 11) is 0. The second kappa shape index (κ2) is 5.23. The number of nitrogens with zero attached hydrogens (tertiary/aromatic N) is 3. The van der Waals surface area contributed by atoms with Crippen molar-refractivity contribution in [3.05, 3.63) is 17.5 Å². The van der Waals surface area contributed by atoms with Gasteiger partial charge in [0.1, 0.15) is 5.82 Å². The van der Waals surface area contributed by atoms with Crippen LogP contribution < -0.4 is 4.90 Å². The molecule has 17 heavy (non-hydrogen) atoms. The van der Waals surface area contributed by atoms with Crippen LogP contribution in [0.5, 0.6) is 0 Å². The minimum Gasteiger partial charge on any atom is -0.292 e. The molecule has 1 aromatic rings. The Kier molecular flexibility index (Phi) is 3.68. The SMILES string of the molecule is O=CC(=O)N(c1ccnc(Cl)n1)C1CCCC1. The maximum Gasteiger partial charge on any atom is 0.292 e. The van der Waals surface area contributed by atoms with Crippen LogP contribution in [0.4, 0.5) is 5.82 Å². The van der Waals surface area contributed by atoms with Gasteiger partial charge in [-0.15, -0.1) is 0 Å². The minimum absolute atomic E-state index is 0.0404. The molecule has 1 saturated carbocycles. The van der Waals surface area contributed by atoms with Gasteiger partial charge < -0.3 is 0 Å². The van der Waals surface area contributed by atoms with E-state index in [9.17, 15) is 9.59 Å². The Morgan fingerprint density at radius 2 is 2.18 bits per heavy atom. The maximum absolute atomic E-state index is 11.7. The lowest BCUT2D eigenvalue weighted by Crippen LogP contribution is -2.40. The third-order valence-electron chi connectivity index (χ3n) is 2.89. The van der Waals surface area contributed by atoms with Crippen molar-refractivity contribution < 1.29 is 9.59 Å². The first-order chi connectivity index (χ1) is 8.22. The molecule has 0 spiro atoms. The van der Waals surface area contributed by atoms with Gasteiger partial charge in [0, 0.05) is 12.2 Å². The molecule has 1 aliphatic rings. The molecule has 0 radical (unpaired) electrons. The van der Waals surface area contributed by atoms with Gasteiger partial charge in [-0.05, 0) is 30.5 Å². The van der Waals surface area contributed by atoms with Gasteiger partial charge in [0.25, 0.3) is 5.91 Å². The van der Waals surface area contributed by atoms with Crippen LogP contribution >= 0.6 is 11.6 Å². The summed E-state index contributed by atoms with van der Waals surface area (Å²) in [6.45, 7) is 0. The standard InChI is InChI=1S/C11H12ClN3O2/c12-11-13-6-5-9(14-11)15(10(17)7-16)8-3-1-2-4-8/h5-8H,1-4H2. The van der Waals surface area contributed by atoms with Gasteiger partial charge in [-0.2, -0.15) is 0 Å². The first kappa shape index (κ1) is 12.0. The average molecular weight is 254 g/mol. The van der Waals surface area contributed by atoms with Crippen molar-refractivity contribution in [3.8, 4) is 0 Å². The summed E-state index contributed by atoms with van der Waals surface area (Å²) in [5.41, 5.74) is 0. The van der Waals surface area contributed by atoms with Crippen molar-refractivity contribution in [2.24, 2.45) is 0 Å². The first-order valence-electron chi connectivity index (χ1n) is 5.49. The van der Waals surface area contributed by atoms with Crippen molar-refractivity contribution in [1.29, 1.82) is 0 Å². The molecule has 90 valence electrons. The Labute approximate surface area is 104 Å². The molecule has 0 aromatic carbocycles. The summed E-state index contributed by atoms with van der Waals surface area (Å²) >= 11 is 5.69. The van der Waals surface area contributed by atoms with Crippen LogP contribution in [0.3, 0.4) is 0 Å². The zero-order valence-corrected chi connectivity index (χ0v) is 9.93. The number of anilines is 1. The fraction of sp³-hybridized carbons (Fsp3) is 0.455. The van der Waals surface area contributed by atoms with E-state index in [0.29, 0.717) is 12.1 Å². The van der Waals surface area contributed by atoms with E-state index in [2.05, 4.69) is 9.97 Å². The number of rotatable bonds is 3. The Balaban J connectivity index is 2.32. The van der Waals surface area contributed by atoms with E-state index >= 15 is 0 Å². The summed E-state index contributed by atoms with van der Waals surface area (Å²) in [6.07, 6.45) is 5.69. The minimum atomic E-state index is -0.577. The third-order valence-corrected chi connectivity index (χ3v) is 3.07. The molecule has 0 N–H and O–H groups in total. The fourth-order valence-corrected chi connectivity index (χ4v) is 2.30. The topological polar surface area (TPSA) is 63.2 Å². The summed E-state index contributed by atoms with van der Waals surface area (Å²) < 4.78 is 0. The number of hydrogen-bond donors (Lipinski definition) is 0. The summed E-state index contributed by atoms with van der Waals surface area (Å²) in [5, 5.41) is 0.0733. The van der Waals surface area contributed by atoms with Crippen molar-refractivity contribution in [2.45, 2.75) is 31.7 Å². The van der Waals surface area contributed by atoms with E-state index in [1.807, 2.05) is 0 Å². The van der Waals surface area contributed by atoms with E-state index in [4.69, 9.17) is 11.6 Å². The van der Waals surface area contributed by atoms with Crippen LogP contribution in [0.15, 0.2) is 12.3 Å². The number of amides is 1. The number of aldehydes is 1. The molecule has 0 unspecified atom stereocenters. The molecule has 6 heteroatoms. The Morgan fingerprint density at radius 1 is 1.47 bits per heavy atom. The highest BCUT2D eigenvalue weighted by Gasteiger charge is 2.28. The molecule has 1 amide bonds. The van der Waals surface area contributed by atoms with Gasteiger partial charge in [0.2, 0.25) is 11.6 Å². The predicted molar refractivity (Wildman–Crippen MR) is 62.8 cm³/mol. The lowest BCUT2D eigenvalue weighted by Gasteiger charge is -2.25. The summed E-state index contributed by atoms with van der Waals surface area (Å²) in [6, 6.07) is 1.63. The van der Waals surface area contributed by atoms with Gasteiger partial charge in [-0.25, -0.2) is 9.97 Å². The predicted octanol–water partition coefficient (Wildman–Crippen LogP) is 1.60. The highest BCUT2D eigenvalue weighted by atomic mass is 35.5. The van der Waals surface area contributed by atoms with Crippen LogP contribution in [0.25, 0.3) is 0 Å². The molecule has 1 fully saturated rings. The number of hydrogen-bond acceptors (Lipinski definition) is 4. The van der Waals surface area contributed by atoms with Crippen LogP contribution in [-0.2, 0) is 9.59 Å². The van der Waals surface area contributed by atoms with E-state index in [-0.39, 0.29) is 11.3 Å². The Hall–Kier alpha value is -1.49. The smallest absolute Gasteiger partial charge is 0.292 e. The molecule has 0 atom stereocenters. The second-order valence-electron chi connectivity index (χ2n) is 3.95. The number of halogens is 1. The highest BCUT2D eigenvalue weighted by Crippen LogP contribution is 2.27. The largest absolute Gasteiger partial charge is 0.292 e. The average Bonchev–Trinajstić information content (AvgIpc) is 2.83. The molecule has 1 aromatic heterocycles. The normalized spacial score (nSPS) is 15.8. The lowest BCUT2D eigenvalue weighted by atomic mass is 10.2. The number of carbonyl (C=O) groups excluding carboxylic acids is 2. The van der Waals surface area contributed by atoms with Gasteiger partial charge in [0.15, 0.2) is 0 Å². The van der Waals surface area contributed by atoms with E-state index in [0.717, 1.165) is 25.7 Å². The Bertz CT molecular complexity index is 432. The monoisotopic (exact) mass is 253 g/mol. The zero-order valence-electron chi connectivity index (χ0n) is 9.17. The van der Waals surface area contributed by atoms with Crippen LogP contribution in [0.2, 0.25) is 5.28 Å². The zero-order chi connectivity index (χ0) is 12.3. The van der Waals surface area contributed by atoms with Crippen LogP contribution in [0, 0.1) is 0 Å². The fourth-order valence-electron chi connectivity index (χ4n) is 2.16. The Morgan fingerprint density at radius 3 is 2.76 bits per heavy atom. The molecular formula is C11H12ClN3O2. The van der Waals surface area contributed by atoms with E-state index in [1.54, 1.807) is 6.07 Å². The number of aromatic nitrogens is 2. The van der Waals surface area contributed by atoms with E-state index < -0.39 is 5.91 Å². The molecule has 2 rings (SSSR count). The van der Waals surface area contributed by atoms with Crippen molar-refractivity contribution in [3.63, 3.8) is 0 Å². The van der Waals surface area contributed by atoms with Gasteiger partial charge in [-0.1, -0.05) is 12.8 Å². The summed E-state index contributed by atoms with van der Waals surface area (Å²) in [5.74, 6) is -0.180. The van der Waals surface area contributed by atoms with Crippen molar-refractivity contribution >= 4 is 29.6 Å². The molecule has 0 bridgehead atoms. The lowest BCUT2D eigenvalue weighted by molar-refractivity contribution is -0.129. The third kappa shape index (κ3) is 2.61. The van der Waals surface area contributed by atoms with Crippen LogP contribution in [0.1, 0.15) is 25.7 Å². The van der Waals surface area contributed by atoms with Gasteiger partial charge in [-0.3, -0.25) is 14.5 Å². The van der Waals surface area contributed by atoms with E-state index in [1.165, 1.54) is 11.1 Å². The van der Waals surface area contributed by atoms with Gasteiger partial charge in [0.05, 0.1) is 0 Å². The quantitative estimate of drug-likeness (QED) is 0.466. The second-order valence-corrected chi connectivity index (χ2v) is 4.29. The van der Waals surface area contributed by atoms with Gasteiger partial charge >= 0.3 is 0 Å². The number of carbonyl (C=O) groups is 2. The molecule has 1 heterocycles. The summed E-state index contributed by atoms with van der Waals surface area (Å²) in [4.78, 5) is 31.5. The van der Waals surface area contributed by atoms with Crippen molar-refractivity contribution in [1.82, 2.24) is 9.97 Å². The molecule has 0 saturated heterocycles. The molecule has 0 aliphatic heterocycles. The molecular weight excluding hydrogens is 242 g/mol. The van der Waals surface area contributed by atoms with Crippen LogP contribution in [-0.4, -0.2) is 28.2 Å². The molecule has 1 aliphatic carbocycles. The highest BCUT2D eigenvalue weighted by molar-refractivity contribution is 6.31. The maximum atomic E-state index is 11.7. The molecule has 5 nitrogen and oxygen atoms in total.